The monoisotopic (exact) mass is 458 g/mol. The molecule has 0 aliphatic rings. The van der Waals surface area contributed by atoms with Gasteiger partial charge in [-0.05, 0) is 42.0 Å². The van der Waals surface area contributed by atoms with E-state index in [4.69, 9.17) is 9.47 Å². The maximum absolute atomic E-state index is 12.5. The van der Waals surface area contributed by atoms with Crippen molar-refractivity contribution in [2.45, 2.75) is 6.92 Å². The van der Waals surface area contributed by atoms with Crippen LogP contribution in [0.3, 0.4) is 0 Å². The van der Waals surface area contributed by atoms with Crippen LogP contribution >= 0.6 is 0 Å². The van der Waals surface area contributed by atoms with Crippen molar-refractivity contribution < 1.29 is 19.1 Å². The second-order valence-electron chi connectivity index (χ2n) is 8.01. The van der Waals surface area contributed by atoms with Crippen LogP contribution in [0.5, 0.6) is 11.5 Å². The molecule has 4 aromatic rings. The quantitative estimate of drug-likeness (QED) is 0.464. The number of fused-ring (bicyclic) bond motifs is 1. The predicted molar refractivity (Wildman–Crippen MR) is 131 cm³/mol. The third kappa shape index (κ3) is 4.30. The molecule has 34 heavy (non-hydrogen) atoms. The van der Waals surface area contributed by atoms with Crippen molar-refractivity contribution in [3.63, 3.8) is 0 Å². The van der Waals surface area contributed by atoms with E-state index in [1.165, 1.54) is 11.8 Å². The molecule has 0 aliphatic heterocycles. The molecule has 0 atom stereocenters. The van der Waals surface area contributed by atoms with Gasteiger partial charge in [-0.2, -0.15) is 0 Å². The standard InChI is InChI=1S/C26H26N4O4/c1-16(31)28-21-12-20(17-7-6-8-19(11-17)26(32)29(2)3)15-30-22(14-27-25(21)30)18-9-10-23(33-4)24(13-18)34-5/h6-15H,1-5H3,(H,28,31). The Balaban J connectivity index is 1.91. The summed E-state index contributed by atoms with van der Waals surface area (Å²) in [4.78, 5) is 30.5. The van der Waals surface area contributed by atoms with Gasteiger partial charge < -0.3 is 19.7 Å². The van der Waals surface area contributed by atoms with E-state index in [9.17, 15) is 9.59 Å². The number of anilines is 1. The average molecular weight is 459 g/mol. The molecule has 2 amide bonds. The largest absolute Gasteiger partial charge is 0.493 e. The average Bonchev–Trinajstić information content (AvgIpc) is 3.27. The number of hydrogen-bond donors (Lipinski definition) is 1. The lowest BCUT2D eigenvalue weighted by Gasteiger charge is -2.14. The highest BCUT2D eigenvalue weighted by Gasteiger charge is 2.16. The van der Waals surface area contributed by atoms with E-state index in [0.717, 1.165) is 22.4 Å². The molecule has 0 spiro atoms. The number of methoxy groups -OCH3 is 2. The van der Waals surface area contributed by atoms with Gasteiger partial charge in [0.2, 0.25) is 5.91 Å². The zero-order valence-electron chi connectivity index (χ0n) is 19.7. The van der Waals surface area contributed by atoms with Crippen molar-refractivity contribution in [1.29, 1.82) is 0 Å². The van der Waals surface area contributed by atoms with Gasteiger partial charge in [0.25, 0.3) is 5.91 Å². The summed E-state index contributed by atoms with van der Waals surface area (Å²) >= 11 is 0. The highest BCUT2D eigenvalue weighted by molar-refractivity contribution is 5.96. The van der Waals surface area contributed by atoms with Crippen LogP contribution in [0.15, 0.2) is 60.9 Å². The summed E-state index contributed by atoms with van der Waals surface area (Å²) < 4.78 is 12.7. The number of imidazole rings is 1. The molecule has 2 aromatic heterocycles. The Morgan fingerprint density at radius 2 is 1.71 bits per heavy atom. The van der Waals surface area contributed by atoms with Gasteiger partial charge >= 0.3 is 0 Å². The minimum absolute atomic E-state index is 0.0846. The van der Waals surface area contributed by atoms with Crippen LogP contribution < -0.4 is 14.8 Å². The van der Waals surface area contributed by atoms with E-state index in [-0.39, 0.29) is 11.8 Å². The van der Waals surface area contributed by atoms with Gasteiger partial charge in [-0.25, -0.2) is 4.98 Å². The Morgan fingerprint density at radius 1 is 0.941 bits per heavy atom. The number of carbonyl (C=O) groups excluding carboxylic acids is 2. The zero-order valence-corrected chi connectivity index (χ0v) is 19.7. The third-order valence-electron chi connectivity index (χ3n) is 5.44. The Labute approximate surface area is 197 Å². The molecule has 0 bridgehead atoms. The maximum atomic E-state index is 12.5. The fourth-order valence-electron chi connectivity index (χ4n) is 3.83. The van der Waals surface area contributed by atoms with E-state index >= 15 is 0 Å². The molecule has 8 nitrogen and oxygen atoms in total. The highest BCUT2D eigenvalue weighted by Crippen LogP contribution is 2.35. The Hall–Kier alpha value is -4.33. The fraction of sp³-hybridized carbons (Fsp3) is 0.192. The molecule has 2 heterocycles. The van der Waals surface area contributed by atoms with Crippen LogP contribution in [0.1, 0.15) is 17.3 Å². The van der Waals surface area contributed by atoms with Crippen LogP contribution in [0.2, 0.25) is 0 Å². The number of nitrogens with zero attached hydrogens (tertiary/aromatic N) is 3. The number of pyridine rings is 1. The summed E-state index contributed by atoms with van der Waals surface area (Å²) in [5, 5.41) is 2.88. The molecule has 1 N–H and O–H groups in total. The van der Waals surface area contributed by atoms with Crippen LogP contribution in [-0.2, 0) is 4.79 Å². The molecule has 0 unspecified atom stereocenters. The lowest BCUT2D eigenvalue weighted by atomic mass is 10.0. The van der Waals surface area contributed by atoms with Crippen LogP contribution in [-0.4, -0.2) is 54.4 Å². The Bertz CT molecular complexity index is 1390. The number of ether oxygens (including phenoxy) is 2. The van der Waals surface area contributed by atoms with Gasteiger partial charge in [-0.15, -0.1) is 0 Å². The van der Waals surface area contributed by atoms with Crippen molar-refractivity contribution in [2.75, 3.05) is 33.6 Å². The highest BCUT2D eigenvalue weighted by atomic mass is 16.5. The van der Waals surface area contributed by atoms with E-state index in [1.54, 1.807) is 40.6 Å². The number of rotatable bonds is 6. The topological polar surface area (TPSA) is 85.2 Å². The first-order chi connectivity index (χ1) is 16.3. The van der Waals surface area contributed by atoms with Gasteiger partial charge in [0.05, 0.1) is 31.8 Å². The number of amides is 2. The minimum atomic E-state index is -0.203. The van der Waals surface area contributed by atoms with Crippen molar-refractivity contribution in [3.8, 4) is 33.9 Å². The molecule has 8 heteroatoms. The molecule has 0 aliphatic carbocycles. The summed E-state index contributed by atoms with van der Waals surface area (Å²) in [5.74, 6) is 0.940. The molecule has 4 rings (SSSR count). The lowest BCUT2D eigenvalue weighted by molar-refractivity contribution is -0.114. The molecule has 174 valence electrons. The van der Waals surface area contributed by atoms with E-state index < -0.39 is 0 Å². The zero-order chi connectivity index (χ0) is 24.4. The van der Waals surface area contributed by atoms with Crippen molar-refractivity contribution in [2.24, 2.45) is 0 Å². The van der Waals surface area contributed by atoms with Gasteiger partial charge in [0.1, 0.15) is 0 Å². The van der Waals surface area contributed by atoms with Crippen LogP contribution in [0.4, 0.5) is 5.69 Å². The van der Waals surface area contributed by atoms with Gasteiger partial charge in [-0.3, -0.25) is 14.0 Å². The number of nitrogens with one attached hydrogen (secondary N) is 1. The Morgan fingerprint density at radius 3 is 2.38 bits per heavy atom. The predicted octanol–water partition coefficient (Wildman–Crippen LogP) is 4.35. The molecule has 0 radical (unpaired) electrons. The maximum Gasteiger partial charge on any atom is 0.253 e. The molecule has 0 saturated carbocycles. The number of hydrogen-bond acceptors (Lipinski definition) is 5. The van der Waals surface area contributed by atoms with Crippen LogP contribution in [0, 0.1) is 0 Å². The number of carbonyl (C=O) groups is 2. The Kier molecular flexibility index (Phi) is 6.23. The van der Waals surface area contributed by atoms with E-state index in [0.29, 0.717) is 28.4 Å². The molecule has 0 saturated heterocycles. The van der Waals surface area contributed by atoms with Crippen molar-refractivity contribution in [1.82, 2.24) is 14.3 Å². The van der Waals surface area contributed by atoms with Crippen LogP contribution in [0.25, 0.3) is 28.0 Å². The van der Waals surface area contributed by atoms with E-state index in [2.05, 4.69) is 10.3 Å². The fourth-order valence-corrected chi connectivity index (χ4v) is 3.83. The lowest BCUT2D eigenvalue weighted by Crippen LogP contribution is -2.21. The smallest absolute Gasteiger partial charge is 0.253 e. The second kappa shape index (κ2) is 9.27. The summed E-state index contributed by atoms with van der Waals surface area (Å²) in [6.07, 6.45) is 3.69. The molecular formula is C26H26N4O4. The van der Waals surface area contributed by atoms with Gasteiger partial charge in [-0.1, -0.05) is 12.1 Å². The first-order valence-electron chi connectivity index (χ1n) is 10.7. The molecular weight excluding hydrogens is 432 g/mol. The summed E-state index contributed by atoms with van der Waals surface area (Å²) in [7, 11) is 6.62. The van der Waals surface area contributed by atoms with Crippen molar-refractivity contribution in [3.05, 3.63) is 66.5 Å². The summed E-state index contributed by atoms with van der Waals surface area (Å²) in [6, 6.07) is 14.9. The second-order valence-corrected chi connectivity index (χ2v) is 8.01. The summed E-state index contributed by atoms with van der Waals surface area (Å²) in [6.45, 7) is 1.46. The minimum Gasteiger partial charge on any atom is -0.493 e. The van der Waals surface area contributed by atoms with Gasteiger partial charge in [0.15, 0.2) is 17.1 Å². The SMILES string of the molecule is COc1ccc(-c2cnc3c(NC(C)=O)cc(-c4cccc(C(=O)N(C)C)c4)cn23)cc1OC. The van der Waals surface area contributed by atoms with E-state index in [1.807, 2.05) is 53.1 Å². The number of aromatic nitrogens is 2. The van der Waals surface area contributed by atoms with Crippen molar-refractivity contribution >= 4 is 23.1 Å². The number of benzene rings is 2. The molecule has 2 aromatic carbocycles. The first-order valence-corrected chi connectivity index (χ1v) is 10.7. The third-order valence-corrected chi connectivity index (χ3v) is 5.44. The normalized spacial score (nSPS) is 10.7. The first kappa shape index (κ1) is 22.8. The van der Waals surface area contributed by atoms with Gasteiger partial charge in [0, 0.05) is 43.9 Å². The molecule has 0 fully saturated rings. The summed E-state index contributed by atoms with van der Waals surface area (Å²) in [5.41, 5.74) is 5.09.